The molecule has 1 saturated heterocycles. The van der Waals surface area contributed by atoms with Gasteiger partial charge in [0, 0.05) is 31.5 Å². The molecule has 0 atom stereocenters. The lowest BCUT2D eigenvalue weighted by Crippen LogP contribution is -2.32. The predicted octanol–water partition coefficient (Wildman–Crippen LogP) is 2.87. The first-order valence-electron chi connectivity index (χ1n) is 6.43. The van der Waals surface area contributed by atoms with E-state index in [2.05, 4.69) is 4.90 Å². The first kappa shape index (κ1) is 14.5. The quantitative estimate of drug-likeness (QED) is 0.867. The predicted molar refractivity (Wildman–Crippen MR) is 84.0 cm³/mol. The number of carbonyl (C=O) groups excluding carboxylic acids is 1. The Morgan fingerprint density at radius 1 is 1.37 bits per heavy atom. The monoisotopic (exact) mass is 300 g/mol. The molecule has 2 rings (SSSR count). The molecule has 0 aromatic carbocycles. The van der Waals surface area contributed by atoms with Gasteiger partial charge in [-0.05, 0) is 13.8 Å². The van der Waals surface area contributed by atoms with Crippen LogP contribution < -0.4 is 15.4 Å². The van der Waals surface area contributed by atoms with Crippen LogP contribution in [0.5, 0.6) is 5.75 Å². The molecule has 6 heteroatoms. The number of ether oxygens (including phenoxy) is 1. The second-order valence-corrected chi connectivity index (χ2v) is 7.03. The first-order valence-corrected chi connectivity index (χ1v) is 8.40. The Morgan fingerprint density at radius 2 is 2.00 bits per heavy atom. The minimum atomic E-state index is 0.00809. The summed E-state index contributed by atoms with van der Waals surface area (Å²) in [6, 6.07) is 0. The van der Waals surface area contributed by atoms with Crippen LogP contribution in [0.15, 0.2) is 0 Å². The van der Waals surface area contributed by atoms with Crippen LogP contribution in [0.3, 0.4) is 0 Å². The number of nitrogens with two attached hydrogens (primary N) is 1. The summed E-state index contributed by atoms with van der Waals surface area (Å²) in [5.74, 6) is 2.91. The number of nitrogen functional groups attached to an aromatic ring is 1. The molecule has 0 aliphatic carbocycles. The fourth-order valence-electron chi connectivity index (χ4n) is 2.00. The largest absolute Gasteiger partial charge is 0.486 e. The van der Waals surface area contributed by atoms with Crippen LogP contribution in [-0.2, 0) is 0 Å². The average molecular weight is 300 g/mol. The van der Waals surface area contributed by atoms with Crippen molar-refractivity contribution in [2.24, 2.45) is 0 Å². The maximum atomic E-state index is 11.7. The van der Waals surface area contributed by atoms with Gasteiger partial charge in [0.25, 0.3) is 0 Å². The molecule has 1 aliphatic rings. The Labute approximate surface area is 122 Å². The zero-order valence-electron chi connectivity index (χ0n) is 11.6. The fraction of sp³-hybridized carbons (Fsp3) is 0.615. The van der Waals surface area contributed by atoms with Crippen molar-refractivity contribution in [1.82, 2.24) is 0 Å². The van der Waals surface area contributed by atoms with E-state index in [1.165, 1.54) is 11.3 Å². The van der Waals surface area contributed by atoms with E-state index in [-0.39, 0.29) is 11.9 Å². The highest BCUT2D eigenvalue weighted by Gasteiger charge is 2.25. The normalized spacial score (nSPS) is 15.9. The van der Waals surface area contributed by atoms with Crippen molar-refractivity contribution in [3.8, 4) is 5.75 Å². The fourth-order valence-corrected chi connectivity index (χ4v) is 4.01. The van der Waals surface area contributed by atoms with E-state index in [1.54, 1.807) is 6.92 Å². The number of Topliss-reactive ketones (excluding diaryl/α,β-unsaturated/α-hetero) is 1. The summed E-state index contributed by atoms with van der Waals surface area (Å²) in [5.41, 5.74) is 6.59. The highest BCUT2D eigenvalue weighted by molar-refractivity contribution is 7.99. The van der Waals surface area contributed by atoms with Crippen molar-refractivity contribution in [2.75, 3.05) is 35.2 Å². The molecule has 1 aliphatic heterocycles. The highest BCUT2D eigenvalue weighted by atomic mass is 32.2. The molecule has 2 N–H and O–H groups in total. The van der Waals surface area contributed by atoms with Crippen LogP contribution in [0.1, 0.15) is 30.4 Å². The van der Waals surface area contributed by atoms with Crippen LogP contribution in [-0.4, -0.2) is 36.5 Å². The number of carbonyl (C=O) groups is 1. The van der Waals surface area contributed by atoms with Gasteiger partial charge < -0.3 is 15.4 Å². The van der Waals surface area contributed by atoms with E-state index in [0.29, 0.717) is 16.3 Å². The van der Waals surface area contributed by atoms with E-state index in [0.717, 1.165) is 29.6 Å². The Hall–Kier alpha value is -0.880. The van der Waals surface area contributed by atoms with E-state index in [1.807, 2.05) is 25.6 Å². The molecule has 0 spiro atoms. The van der Waals surface area contributed by atoms with Crippen LogP contribution in [0.2, 0.25) is 0 Å². The van der Waals surface area contributed by atoms with Crippen LogP contribution in [0.25, 0.3) is 0 Å². The number of hydrogen-bond donors (Lipinski definition) is 1. The highest BCUT2D eigenvalue weighted by Crippen LogP contribution is 2.46. The van der Waals surface area contributed by atoms with Gasteiger partial charge in [-0.3, -0.25) is 4.79 Å². The lowest BCUT2D eigenvalue weighted by Gasteiger charge is -2.28. The molecular weight excluding hydrogens is 280 g/mol. The molecule has 0 radical (unpaired) electrons. The van der Waals surface area contributed by atoms with Crippen molar-refractivity contribution in [3.05, 3.63) is 4.88 Å². The van der Waals surface area contributed by atoms with E-state index in [4.69, 9.17) is 10.5 Å². The number of ketones is 1. The number of hydrogen-bond acceptors (Lipinski definition) is 6. The van der Waals surface area contributed by atoms with E-state index < -0.39 is 0 Å². The van der Waals surface area contributed by atoms with Crippen molar-refractivity contribution in [1.29, 1.82) is 0 Å². The number of nitrogens with zero attached hydrogens (tertiary/aromatic N) is 1. The van der Waals surface area contributed by atoms with Crippen molar-refractivity contribution in [2.45, 2.75) is 26.9 Å². The Kier molecular flexibility index (Phi) is 4.62. The second kappa shape index (κ2) is 6.05. The van der Waals surface area contributed by atoms with E-state index >= 15 is 0 Å². The third kappa shape index (κ3) is 3.17. The summed E-state index contributed by atoms with van der Waals surface area (Å²) in [5, 5.41) is 1.01. The summed E-state index contributed by atoms with van der Waals surface area (Å²) in [7, 11) is 0. The van der Waals surface area contributed by atoms with Gasteiger partial charge in [-0.2, -0.15) is 11.8 Å². The second-order valence-electron chi connectivity index (χ2n) is 4.80. The summed E-state index contributed by atoms with van der Waals surface area (Å²) < 4.78 is 5.84. The Morgan fingerprint density at radius 3 is 2.53 bits per heavy atom. The number of thiophene rings is 1. The van der Waals surface area contributed by atoms with Gasteiger partial charge >= 0.3 is 0 Å². The van der Waals surface area contributed by atoms with Gasteiger partial charge in [-0.15, -0.1) is 11.3 Å². The van der Waals surface area contributed by atoms with Crippen LogP contribution in [0.4, 0.5) is 10.7 Å². The minimum absolute atomic E-state index is 0.00809. The van der Waals surface area contributed by atoms with Crippen molar-refractivity contribution >= 4 is 39.6 Å². The molecule has 19 heavy (non-hydrogen) atoms. The SMILES string of the molecule is CC(=O)c1sc(N2CCSCC2)c(OC(C)C)c1N. The van der Waals surface area contributed by atoms with Gasteiger partial charge in [0.1, 0.15) is 5.00 Å². The lowest BCUT2D eigenvalue weighted by atomic mass is 10.3. The van der Waals surface area contributed by atoms with Crippen LogP contribution in [0, 0.1) is 0 Å². The third-order valence-electron chi connectivity index (χ3n) is 2.85. The molecule has 0 saturated carbocycles. The molecule has 0 bridgehead atoms. The Balaban J connectivity index is 2.38. The summed E-state index contributed by atoms with van der Waals surface area (Å²) >= 11 is 3.41. The average Bonchev–Trinajstić information content (AvgIpc) is 2.68. The minimum Gasteiger partial charge on any atom is -0.486 e. The van der Waals surface area contributed by atoms with Gasteiger partial charge in [0.2, 0.25) is 0 Å². The summed E-state index contributed by atoms with van der Waals surface area (Å²) in [4.78, 5) is 14.5. The van der Waals surface area contributed by atoms with Gasteiger partial charge in [-0.25, -0.2) is 0 Å². The smallest absolute Gasteiger partial charge is 0.177 e. The van der Waals surface area contributed by atoms with Crippen molar-refractivity contribution in [3.63, 3.8) is 0 Å². The maximum absolute atomic E-state index is 11.7. The lowest BCUT2D eigenvalue weighted by molar-refractivity contribution is 0.102. The summed E-state index contributed by atoms with van der Waals surface area (Å²) in [6.45, 7) is 7.46. The van der Waals surface area contributed by atoms with E-state index in [9.17, 15) is 4.79 Å². The molecule has 106 valence electrons. The zero-order valence-corrected chi connectivity index (χ0v) is 13.2. The van der Waals surface area contributed by atoms with Gasteiger partial charge in [-0.1, -0.05) is 0 Å². The molecule has 0 unspecified atom stereocenters. The summed E-state index contributed by atoms with van der Waals surface area (Å²) in [6.07, 6.45) is 0.0506. The number of anilines is 2. The molecule has 4 nitrogen and oxygen atoms in total. The number of rotatable bonds is 4. The zero-order chi connectivity index (χ0) is 14.0. The number of thioether (sulfide) groups is 1. The van der Waals surface area contributed by atoms with Gasteiger partial charge in [0.15, 0.2) is 11.5 Å². The first-order chi connectivity index (χ1) is 9.00. The molecule has 2 heterocycles. The topological polar surface area (TPSA) is 55.6 Å². The molecular formula is C13H20N2O2S2. The molecule has 0 amide bonds. The molecule has 1 aromatic heterocycles. The van der Waals surface area contributed by atoms with Crippen molar-refractivity contribution < 1.29 is 9.53 Å². The van der Waals surface area contributed by atoms with Gasteiger partial charge in [0.05, 0.1) is 16.7 Å². The van der Waals surface area contributed by atoms with Crippen LogP contribution >= 0.6 is 23.1 Å². The molecule has 1 fully saturated rings. The maximum Gasteiger partial charge on any atom is 0.177 e. The third-order valence-corrected chi connectivity index (χ3v) is 5.14. The molecule has 1 aromatic rings. The Bertz CT molecular complexity index is 465. The standard InChI is InChI=1S/C13H20N2O2S2/c1-8(2)17-11-10(14)12(9(3)16)19-13(11)15-4-6-18-7-5-15/h8H,4-7,14H2,1-3H3.